The van der Waals surface area contributed by atoms with E-state index in [4.69, 9.17) is 32.7 Å². The average molecular weight is 963 g/mol. The number of benzene rings is 7. The van der Waals surface area contributed by atoms with E-state index in [0.717, 1.165) is 67.8 Å². The standard InChI is InChI=1S/C19H11ClO2S.C16H13BrO2S.C15H11ClOS/c20-14-10-11-15(22-12-6-2-1-3-7-12)19-17(14)18(21)13-8-4-5-9-16(13)23-19;1-2-9-19-12-8-7-11(17)14-15(18)10-5-3-4-6-13(10)20-16(12)14;1-2-9-7-8-11(16)13-14(17)10-5-3-4-6-12(10)18-15(9)13/h1-11H;3-8H,2,9H2,1H3;3-8H,2H2,1H3. The van der Waals surface area contributed by atoms with Gasteiger partial charge in [-0.15, -0.1) is 34.0 Å². The Hall–Kier alpha value is -5.13. The number of halogens is 3. The maximum atomic E-state index is 12.8. The first-order valence-electron chi connectivity index (χ1n) is 19.4. The second-order valence-corrected chi connectivity index (χ2v) is 18.6. The molecule has 0 atom stereocenters. The van der Waals surface area contributed by atoms with Crippen LogP contribution in [0.1, 0.15) is 25.8 Å². The molecule has 0 saturated carbocycles. The van der Waals surface area contributed by atoms with Gasteiger partial charge >= 0.3 is 0 Å². The lowest BCUT2D eigenvalue weighted by molar-refractivity contribution is 0.321. The molecule has 0 unspecified atom stereocenters. The van der Waals surface area contributed by atoms with E-state index >= 15 is 0 Å². The van der Waals surface area contributed by atoms with Crippen LogP contribution in [0.4, 0.5) is 0 Å². The van der Waals surface area contributed by atoms with Crippen molar-refractivity contribution in [2.45, 2.75) is 26.7 Å². The third-order valence-electron chi connectivity index (χ3n) is 9.86. The number of para-hydroxylation sites is 1. The van der Waals surface area contributed by atoms with Crippen LogP contribution in [0.25, 0.3) is 60.5 Å². The molecule has 10 rings (SSSR count). The fraction of sp³-hybridized carbons (Fsp3) is 0.100. The molecule has 61 heavy (non-hydrogen) atoms. The molecule has 0 radical (unpaired) electrons. The van der Waals surface area contributed by atoms with Crippen molar-refractivity contribution in [1.29, 1.82) is 0 Å². The van der Waals surface area contributed by atoms with Crippen LogP contribution in [0, 0.1) is 0 Å². The molecule has 3 aromatic heterocycles. The van der Waals surface area contributed by atoms with Gasteiger partial charge in [0.05, 0.1) is 42.2 Å². The fourth-order valence-electron chi connectivity index (χ4n) is 6.90. The summed E-state index contributed by atoms with van der Waals surface area (Å²) >= 11 is 20.7. The molecular formula is C50H35BrCl2O5S3. The summed E-state index contributed by atoms with van der Waals surface area (Å²) in [5.74, 6) is 2.16. The van der Waals surface area contributed by atoms with Crippen molar-refractivity contribution < 1.29 is 9.47 Å². The molecule has 0 spiro atoms. The lowest BCUT2D eigenvalue weighted by Crippen LogP contribution is -2.03. The molecule has 0 N–H and O–H groups in total. The van der Waals surface area contributed by atoms with E-state index in [2.05, 4.69) is 29.8 Å². The monoisotopic (exact) mass is 960 g/mol. The molecule has 5 nitrogen and oxygen atoms in total. The first kappa shape index (κ1) is 42.6. The SMILES string of the molecule is CCCOc1ccc(Br)c2c(=O)c3ccccc3sc12.CCc1ccc(Cl)c2c(=O)c3ccccc3sc12.O=c1c2ccccc2sc2c(Oc3ccccc3)ccc(Cl)c12. The van der Waals surface area contributed by atoms with Gasteiger partial charge in [-0.25, -0.2) is 0 Å². The Morgan fingerprint density at radius 3 is 1.52 bits per heavy atom. The Morgan fingerprint density at radius 1 is 0.508 bits per heavy atom. The van der Waals surface area contributed by atoms with Crippen molar-refractivity contribution >= 4 is 134 Å². The van der Waals surface area contributed by atoms with Crippen molar-refractivity contribution in [3.63, 3.8) is 0 Å². The van der Waals surface area contributed by atoms with Crippen molar-refractivity contribution in [2.75, 3.05) is 6.61 Å². The van der Waals surface area contributed by atoms with E-state index in [0.29, 0.717) is 43.9 Å². The molecule has 0 aliphatic carbocycles. The predicted octanol–water partition coefficient (Wildman–Crippen LogP) is 15.5. The third kappa shape index (κ3) is 8.69. The number of hydrogen-bond donors (Lipinski definition) is 0. The number of ether oxygens (including phenoxy) is 2. The van der Waals surface area contributed by atoms with E-state index in [9.17, 15) is 14.4 Å². The van der Waals surface area contributed by atoms with Gasteiger partial charge in [0.25, 0.3) is 0 Å². The first-order chi connectivity index (χ1) is 29.7. The molecule has 0 amide bonds. The maximum absolute atomic E-state index is 12.8. The molecule has 304 valence electrons. The van der Waals surface area contributed by atoms with Gasteiger partial charge in [0.15, 0.2) is 16.3 Å². The number of hydrogen-bond acceptors (Lipinski definition) is 8. The molecule has 0 fully saturated rings. The smallest absolute Gasteiger partial charge is 0.197 e. The minimum atomic E-state index is -0.0575. The van der Waals surface area contributed by atoms with Crippen LogP contribution in [0.3, 0.4) is 0 Å². The van der Waals surface area contributed by atoms with E-state index in [-0.39, 0.29) is 16.3 Å². The summed E-state index contributed by atoms with van der Waals surface area (Å²) in [6.07, 6.45) is 1.85. The molecule has 7 aromatic carbocycles. The number of aryl methyl sites for hydroxylation is 1. The summed E-state index contributed by atoms with van der Waals surface area (Å²) in [7, 11) is 0. The summed E-state index contributed by atoms with van der Waals surface area (Å²) in [5.41, 5.74) is 1.22. The highest BCUT2D eigenvalue weighted by atomic mass is 79.9. The minimum absolute atomic E-state index is 0.0413. The van der Waals surface area contributed by atoms with Crippen molar-refractivity contribution in [1.82, 2.24) is 0 Å². The zero-order chi connectivity index (χ0) is 42.6. The Morgan fingerprint density at radius 2 is 0.967 bits per heavy atom. The van der Waals surface area contributed by atoms with Gasteiger partial charge < -0.3 is 9.47 Å². The van der Waals surface area contributed by atoms with Crippen LogP contribution in [0.2, 0.25) is 10.0 Å². The quantitative estimate of drug-likeness (QED) is 0.155. The van der Waals surface area contributed by atoms with Crippen LogP contribution in [0.15, 0.2) is 158 Å². The molecule has 0 aliphatic heterocycles. The van der Waals surface area contributed by atoms with Gasteiger partial charge in [-0.05, 0) is 113 Å². The molecule has 0 bridgehead atoms. The summed E-state index contributed by atoms with van der Waals surface area (Å²) in [4.78, 5) is 37.9. The topological polar surface area (TPSA) is 69.7 Å². The summed E-state index contributed by atoms with van der Waals surface area (Å²) < 4.78 is 18.2. The van der Waals surface area contributed by atoms with E-state index < -0.39 is 0 Å². The minimum Gasteiger partial charge on any atom is -0.492 e. The molecule has 3 heterocycles. The van der Waals surface area contributed by atoms with Crippen LogP contribution in [-0.4, -0.2) is 6.61 Å². The van der Waals surface area contributed by atoms with Crippen molar-refractivity contribution in [3.8, 4) is 17.2 Å². The first-order valence-corrected chi connectivity index (χ1v) is 23.4. The highest BCUT2D eigenvalue weighted by Crippen LogP contribution is 2.39. The van der Waals surface area contributed by atoms with Crippen LogP contribution >= 0.6 is 73.1 Å². The molecule has 0 aliphatic rings. The van der Waals surface area contributed by atoms with Gasteiger partial charge in [0, 0.05) is 39.4 Å². The van der Waals surface area contributed by atoms with Gasteiger partial charge in [-0.2, -0.15) is 0 Å². The van der Waals surface area contributed by atoms with E-state index in [1.807, 2.05) is 133 Å². The van der Waals surface area contributed by atoms with Gasteiger partial charge in [0.2, 0.25) is 0 Å². The van der Waals surface area contributed by atoms with Crippen molar-refractivity contribution in [3.05, 3.63) is 190 Å². The average Bonchev–Trinajstić information content (AvgIpc) is 3.28. The molecule has 0 saturated heterocycles. The Balaban J connectivity index is 0.000000127. The normalized spacial score (nSPS) is 11.1. The highest BCUT2D eigenvalue weighted by molar-refractivity contribution is 9.10. The Bertz CT molecular complexity index is 3440. The third-order valence-corrected chi connectivity index (χ3v) is 14.8. The Labute approximate surface area is 381 Å². The fourth-order valence-corrected chi connectivity index (χ4v) is 11.7. The number of rotatable bonds is 6. The zero-order valence-electron chi connectivity index (χ0n) is 32.8. The zero-order valence-corrected chi connectivity index (χ0v) is 38.3. The van der Waals surface area contributed by atoms with E-state index in [1.54, 1.807) is 28.7 Å². The summed E-state index contributed by atoms with van der Waals surface area (Å²) in [6, 6.07) is 43.6. The number of fused-ring (bicyclic) bond motifs is 6. The van der Waals surface area contributed by atoms with Gasteiger partial charge in [0.1, 0.15) is 17.2 Å². The summed E-state index contributed by atoms with van der Waals surface area (Å²) in [5, 5.41) is 5.10. The molecular weight excluding hydrogens is 928 g/mol. The Kier molecular flexibility index (Phi) is 13.2. The van der Waals surface area contributed by atoms with Crippen molar-refractivity contribution in [2.24, 2.45) is 0 Å². The summed E-state index contributed by atoms with van der Waals surface area (Å²) in [6.45, 7) is 4.82. The lowest BCUT2D eigenvalue weighted by Gasteiger charge is -2.10. The second kappa shape index (κ2) is 18.9. The van der Waals surface area contributed by atoms with Crippen LogP contribution in [-0.2, 0) is 6.42 Å². The van der Waals surface area contributed by atoms with Gasteiger partial charge in [-0.3, -0.25) is 14.4 Å². The molecule has 11 heteroatoms. The highest BCUT2D eigenvalue weighted by Gasteiger charge is 2.16. The predicted molar refractivity (Wildman–Crippen MR) is 266 cm³/mol. The maximum Gasteiger partial charge on any atom is 0.197 e. The van der Waals surface area contributed by atoms with Crippen LogP contribution < -0.4 is 25.8 Å². The van der Waals surface area contributed by atoms with Crippen LogP contribution in [0.5, 0.6) is 17.2 Å². The second-order valence-electron chi connectivity index (χ2n) is 13.8. The van der Waals surface area contributed by atoms with Gasteiger partial charge in [-0.1, -0.05) is 97.7 Å². The molecule has 10 aromatic rings. The largest absolute Gasteiger partial charge is 0.492 e. The van der Waals surface area contributed by atoms with E-state index in [1.165, 1.54) is 16.9 Å². The lowest BCUT2D eigenvalue weighted by atomic mass is 10.1.